The molecule has 1 aromatic rings. The quantitative estimate of drug-likeness (QED) is 0.780. The van der Waals surface area contributed by atoms with Gasteiger partial charge in [0, 0.05) is 25.0 Å². The average molecular weight is 206 g/mol. The normalized spacial score (nSPS) is 20.5. The standard InChI is InChI=1S/C11H18N4/c1-9-7-14-11(15-8-9)13-6-4-10-3-2-5-12-10/h7-8,10,12H,2-6H2,1H3,(H,13,14,15)/t10-/m0/s1. The fourth-order valence-corrected chi connectivity index (χ4v) is 1.85. The van der Waals surface area contributed by atoms with Crippen LogP contribution in [-0.2, 0) is 0 Å². The van der Waals surface area contributed by atoms with Crippen LogP contribution in [0.3, 0.4) is 0 Å². The molecule has 1 aliphatic rings. The molecule has 1 aromatic heterocycles. The average Bonchev–Trinajstić information content (AvgIpc) is 2.74. The van der Waals surface area contributed by atoms with Gasteiger partial charge in [-0.2, -0.15) is 0 Å². The van der Waals surface area contributed by atoms with Gasteiger partial charge >= 0.3 is 0 Å². The van der Waals surface area contributed by atoms with Crippen LogP contribution in [0.25, 0.3) is 0 Å². The number of anilines is 1. The van der Waals surface area contributed by atoms with E-state index in [-0.39, 0.29) is 0 Å². The smallest absolute Gasteiger partial charge is 0.222 e. The number of nitrogens with one attached hydrogen (secondary N) is 2. The zero-order valence-electron chi connectivity index (χ0n) is 9.16. The first-order valence-electron chi connectivity index (χ1n) is 5.60. The lowest BCUT2D eigenvalue weighted by Gasteiger charge is -2.10. The number of nitrogens with zero attached hydrogens (tertiary/aromatic N) is 2. The van der Waals surface area contributed by atoms with E-state index >= 15 is 0 Å². The van der Waals surface area contributed by atoms with Crippen LogP contribution >= 0.6 is 0 Å². The molecule has 4 nitrogen and oxygen atoms in total. The first-order valence-corrected chi connectivity index (χ1v) is 5.60. The molecule has 0 radical (unpaired) electrons. The fourth-order valence-electron chi connectivity index (χ4n) is 1.85. The van der Waals surface area contributed by atoms with Gasteiger partial charge in [0.1, 0.15) is 0 Å². The lowest BCUT2D eigenvalue weighted by atomic mass is 10.1. The van der Waals surface area contributed by atoms with Gasteiger partial charge in [0.2, 0.25) is 5.95 Å². The van der Waals surface area contributed by atoms with Crippen LogP contribution in [0.4, 0.5) is 5.95 Å². The fraction of sp³-hybridized carbons (Fsp3) is 0.636. The molecule has 82 valence electrons. The minimum absolute atomic E-state index is 0.683. The molecule has 2 heterocycles. The predicted molar refractivity (Wildman–Crippen MR) is 60.9 cm³/mol. The summed E-state index contributed by atoms with van der Waals surface area (Å²) in [6.45, 7) is 4.11. The molecule has 1 fully saturated rings. The first-order chi connectivity index (χ1) is 7.34. The molecule has 0 aliphatic carbocycles. The van der Waals surface area contributed by atoms with Gasteiger partial charge in [-0.25, -0.2) is 9.97 Å². The summed E-state index contributed by atoms with van der Waals surface area (Å²) in [5, 5.41) is 6.71. The minimum Gasteiger partial charge on any atom is -0.354 e. The van der Waals surface area contributed by atoms with Crippen molar-refractivity contribution in [3.8, 4) is 0 Å². The molecule has 0 amide bonds. The topological polar surface area (TPSA) is 49.8 Å². The van der Waals surface area contributed by atoms with Crippen molar-refractivity contribution in [1.82, 2.24) is 15.3 Å². The van der Waals surface area contributed by atoms with Crippen LogP contribution in [0.5, 0.6) is 0 Å². The van der Waals surface area contributed by atoms with Gasteiger partial charge < -0.3 is 10.6 Å². The van der Waals surface area contributed by atoms with Gasteiger partial charge in [0.15, 0.2) is 0 Å². The van der Waals surface area contributed by atoms with Crippen molar-refractivity contribution < 1.29 is 0 Å². The van der Waals surface area contributed by atoms with Crippen LogP contribution in [0.1, 0.15) is 24.8 Å². The number of aromatic nitrogens is 2. The Kier molecular flexibility index (Phi) is 3.50. The van der Waals surface area contributed by atoms with Crippen LogP contribution < -0.4 is 10.6 Å². The lowest BCUT2D eigenvalue weighted by molar-refractivity contribution is 0.573. The molecule has 2 rings (SSSR count). The molecule has 4 heteroatoms. The third-order valence-electron chi connectivity index (χ3n) is 2.72. The highest BCUT2D eigenvalue weighted by atomic mass is 15.1. The van der Waals surface area contributed by atoms with Crippen LogP contribution in [0, 0.1) is 6.92 Å². The Hall–Kier alpha value is -1.16. The van der Waals surface area contributed by atoms with Crippen molar-refractivity contribution in [3.63, 3.8) is 0 Å². The van der Waals surface area contributed by atoms with Crippen molar-refractivity contribution in [2.45, 2.75) is 32.2 Å². The van der Waals surface area contributed by atoms with E-state index in [1.807, 2.05) is 19.3 Å². The Bertz CT molecular complexity index is 290. The molecule has 0 spiro atoms. The van der Waals surface area contributed by atoms with Crippen LogP contribution in [-0.4, -0.2) is 29.1 Å². The second-order valence-corrected chi connectivity index (χ2v) is 4.09. The SMILES string of the molecule is Cc1cnc(NCC[C@@H]2CCCN2)nc1. The maximum atomic E-state index is 4.20. The summed E-state index contributed by atoms with van der Waals surface area (Å²) in [7, 11) is 0. The molecular formula is C11H18N4. The Morgan fingerprint density at radius 3 is 2.93 bits per heavy atom. The molecule has 1 aliphatic heterocycles. The molecule has 2 N–H and O–H groups in total. The van der Waals surface area contributed by atoms with Crippen molar-refractivity contribution in [1.29, 1.82) is 0 Å². The van der Waals surface area contributed by atoms with E-state index in [0.717, 1.165) is 24.5 Å². The van der Waals surface area contributed by atoms with E-state index in [1.54, 1.807) is 0 Å². The molecule has 15 heavy (non-hydrogen) atoms. The molecule has 1 saturated heterocycles. The van der Waals surface area contributed by atoms with E-state index in [1.165, 1.54) is 19.4 Å². The summed E-state index contributed by atoms with van der Waals surface area (Å²) in [5.74, 6) is 0.735. The van der Waals surface area contributed by atoms with Gasteiger partial charge in [0.05, 0.1) is 0 Å². The number of hydrogen-bond acceptors (Lipinski definition) is 4. The summed E-state index contributed by atoms with van der Waals surface area (Å²) in [6, 6.07) is 0.683. The molecule has 1 atom stereocenters. The Morgan fingerprint density at radius 2 is 2.27 bits per heavy atom. The van der Waals surface area contributed by atoms with E-state index < -0.39 is 0 Å². The zero-order valence-corrected chi connectivity index (χ0v) is 9.16. The van der Waals surface area contributed by atoms with Crippen molar-refractivity contribution >= 4 is 5.95 Å². The van der Waals surface area contributed by atoms with Gasteiger partial charge in [-0.05, 0) is 38.3 Å². The van der Waals surface area contributed by atoms with E-state index in [9.17, 15) is 0 Å². The Morgan fingerprint density at radius 1 is 1.47 bits per heavy atom. The Labute approximate surface area is 90.5 Å². The van der Waals surface area contributed by atoms with Gasteiger partial charge in [-0.3, -0.25) is 0 Å². The highest BCUT2D eigenvalue weighted by molar-refractivity contribution is 5.23. The first kappa shape index (κ1) is 10.4. The lowest BCUT2D eigenvalue weighted by Crippen LogP contribution is -2.24. The van der Waals surface area contributed by atoms with Crippen LogP contribution in [0.15, 0.2) is 12.4 Å². The van der Waals surface area contributed by atoms with E-state index in [0.29, 0.717) is 6.04 Å². The predicted octanol–water partition coefficient (Wildman–Crippen LogP) is 1.34. The minimum atomic E-state index is 0.683. The molecule has 0 saturated carbocycles. The van der Waals surface area contributed by atoms with Crippen LogP contribution in [0.2, 0.25) is 0 Å². The van der Waals surface area contributed by atoms with Gasteiger partial charge in [-0.15, -0.1) is 0 Å². The number of rotatable bonds is 4. The maximum Gasteiger partial charge on any atom is 0.222 e. The molecule has 0 unspecified atom stereocenters. The molecule has 0 bridgehead atoms. The monoisotopic (exact) mass is 206 g/mol. The van der Waals surface area contributed by atoms with Crippen molar-refractivity contribution in [2.24, 2.45) is 0 Å². The molecule has 0 aromatic carbocycles. The van der Waals surface area contributed by atoms with E-state index in [4.69, 9.17) is 0 Å². The second-order valence-electron chi connectivity index (χ2n) is 4.09. The zero-order chi connectivity index (χ0) is 10.5. The number of hydrogen-bond donors (Lipinski definition) is 2. The van der Waals surface area contributed by atoms with E-state index in [2.05, 4.69) is 20.6 Å². The Balaban J connectivity index is 1.71. The number of aryl methyl sites for hydroxylation is 1. The van der Waals surface area contributed by atoms with Gasteiger partial charge in [0.25, 0.3) is 0 Å². The third-order valence-corrected chi connectivity index (χ3v) is 2.72. The molecular weight excluding hydrogens is 188 g/mol. The third kappa shape index (κ3) is 3.16. The highest BCUT2D eigenvalue weighted by Crippen LogP contribution is 2.08. The summed E-state index contributed by atoms with van der Waals surface area (Å²) in [4.78, 5) is 8.40. The summed E-state index contributed by atoms with van der Waals surface area (Å²) in [5.41, 5.74) is 1.10. The summed E-state index contributed by atoms with van der Waals surface area (Å²) >= 11 is 0. The van der Waals surface area contributed by atoms with Crippen molar-refractivity contribution in [2.75, 3.05) is 18.4 Å². The van der Waals surface area contributed by atoms with Crippen molar-refractivity contribution in [3.05, 3.63) is 18.0 Å². The summed E-state index contributed by atoms with van der Waals surface area (Å²) in [6.07, 6.45) is 7.44. The maximum absolute atomic E-state index is 4.20. The second kappa shape index (κ2) is 5.07. The highest BCUT2D eigenvalue weighted by Gasteiger charge is 2.12. The van der Waals surface area contributed by atoms with Gasteiger partial charge in [-0.1, -0.05) is 0 Å². The largest absolute Gasteiger partial charge is 0.354 e. The summed E-state index contributed by atoms with van der Waals surface area (Å²) < 4.78 is 0.